The van der Waals surface area contributed by atoms with Gasteiger partial charge in [-0.2, -0.15) is 0 Å². The number of hydrogen-bond donors (Lipinski definition) is 2. The molecule has 3 aromatic rings. The van der Waals surface area contributed by atoms with Crippen LogP contribution < -0.4 is 4.72 Å². The standard InChI is InChI=1S/C21H18BrNO5S/c1-2-28-21(25)19-13-17(9-12-20(19)24)23-29(26,27)18-10-5-15(6-11-18)14-3-7-16(22)8-4-14/h3-13,23-24H,2H2,1H3. The predicted molar refractivity (Wildman–Crippen MR) is 114 cm³/mol. The normalized spacial score (nSPS) is 11.1. The Bertz CT molecular complexity index is 1130. The maximum absolute atomic E-state index is 12.7. The quantitative estimate of drug-likeness (QED) is 0.394. The van der Waals surface area contributed by atoms with Crippen molar-refractivity contribution in [1.82, 2.24) is 0 Å². The zero-order valence-corrected chi connectivity index (χ0v) is 17.8. The third-order valence-electron chi connectivity index (χ3n) is 4.09. The van der Waals surface area contributed by atoms with E-state index in [1.54, 1.807) is 19.1 Å². The van der Waals surface area contributed by atoms with Gasteiger partial charge in [-0.25, -0.2) is 13.2 Å². The Labute approximate surface area is 177 Å². The van der Waals surface area contributed by atoms with Gasteiger partial charge in [-0.1, -0.05) is 40.2 Å². The number of anilines is 1. The smallest absolute Gasteiger partial charge is 0.341 e. The number of esters is 1. The zero-order valence-electron chi connectivity index (χ0n) is 15.4. The molecule has 6 nitrogen and oxygen atoms in total. The second-order valence-electron chi connectivity index (χ2n) is 6.09. The number of carbonyl (C=O) groups excluding carboxylic acids is 1. The monoisotopic (exact) mass is 475 g/mol. The number of phenols is 1. The molecule has 29 heavy (non-hydrogen) atoms. The number of sulfonamides is 1. The van der Waals surface area contributed by atoms with Crippen LogP contribution in [0.3, 0.4) is 0 Å². The molecule has 0 bridgehead atoms. The van der Waals surface area contributed by atoms with Crippen molar-refractivity contribution in [2.45, 2.75) is 11.8 Å². The summed E-state index contributed by atoms with van der Waals surface area (Å²) in [6.45, 7) is 1.78. The van der Waals surface area contributed by atoms with Crippen LogP contribution in [0.25, 0.3) is 11.1 Å². The van der Waals surface area contributed by atoms with Crippen LogP contribution in [0.15, 0.2) is 76.1 Å². The van der Waals surface area contributed by atoms with Crippen LogP contribution in [0.4, 0.5) is 5.69 Å². The van der Waals surface area contributed by atoms with E-state index in [9.17, 15) is 18.3 Å². The summed E-state index contributed by atoms with van der Waals surface area (Å²) in [5.41, 5.74) is 1.87. The van der Waals surface area contributed by atoms with Crippen molar-refractivity contribution in [2.75, 3.05) is 11.3 Å². The number of halogens is 1. The molecule has 0 heterocycles. The van der Waals surface area contributed by atoms with Crippen LogP contribution in [-0.2, 0) is 14.8 Å². The maximum Gasteiger partial charge on any atom is 0.341 e. The number of ether oxygens (including phenoxy) is 1. The highest BCUT2D eigenvalue weighted by Crippen LogP contribution is 2.26. The molecular formula is C21H18BrNO5S. The van der Waals surface area contributed by atoms with Gasteiger partial charge in [0, 0.05) is 10.2 Å². The second-order valence-corrected chi connectivity index (χ2v) is 8.69. The SMILES string of the molecule is CCOC(=O)c1cc(NS(=O)(=O)c2ccc(-c3ccc(Br)cc3)cc2)ccc1O. The molecular weight excluding hydrogens is 458 g/mol. The Morgan fingerprint density at radius 3 is 2.17 bits per heavy atom. The number of rotatable bonds is 6. The van der Waals surface area contributed by atoms with E-state index < -0.39 is 16.0 Å². The fraction of sp³-hybridized carbons (Fsp3) is 0.0952. The third kappa shape index (κ3) is 4.96. The molecule has 0 aromatic heterocycles. The lowest BCUT2D eigenvalue weighted by Crippen LogP contribution is -2.13. The first kappa shape index (κ1) is 20.9. The van der Waals surface area contributed by atoms with Crippen LogP contribution in [-0.4, -0.2) is 26.1 Å². The van der Waals surface area contributed by atoms with Gasteiger partial charge >= 0.3 is 5.97 Å². The van der Waals surface area contributed by atoms with E-state index >= 15 is 0 Å². The highest BCUT2D eigenvalue weighted by Gasteiger charge is 2.18. The summed E-state index contributed by atoms with van der Waals surface area (Å²) in [4.78, 5) is 12.0. The Morgan fingerprint density at radius 1 is 1.00 bits per heavy atom. The van der Waals surface area contributed by atoms with Crippen molar-refractivity contribution in [3.05, 3.63) is 76.8 Å². The summed E-state index contributed by atoms with van der Waals surface area (Å²) >= 11 is 3.38. The number of phenolic OH excluding ortho intramolecular Hbond substituents is 1. The van der Waals surface area contributed by atoms with Gasteiger partial charge in [0.05, 0.1) is 11.5 Å². The first-order valence-electron chi connectivity index (χ1n) is 8.69. The van der Waals surface area contributed by atoms with Crippen LogP contribution in [0.5, 0.6) is 5.75 Å². The zero-order chi connectivity index (χ0) is 21.0. The van der Waals surface area contributed by atoms with Gasteiger partial charge in [0.2, 0.25) is 0 Å². The lowest BCUT2D eigenvalue weighted by Gasteiger charge is -2.11. The van der Waals surface area contributed by atoms with E-state index in [1.807, 2.05) is 24.3 Å². The first-order valence-corrected chi connectivity index (χ1v) is 11.0. The van der Waals surface area contributed by atoms with Crippen LogP contribution in [0, 0.1) is 0 Å². The summed E-state index contributed by atoms with van der Waals surface area (Å²) in [7, 11) is -3.88. The van der Waals surface area contributed by atoms with E-state index in [1.165, 1.54) is 30.3 Å². The molecule has 0 saturated heterocycles. The molecule has 0 unspecified atom stereocenters. The van der Waals surface area contributed by atoms with E-state index in [4.69, 9.17) is 4.74 Å². The largest absolute Gasteiger partial charge is 0.507 e. The molecule has 2 N–H and O–H groups in total. The van der Waals surface area contributed by atoms with Gasteiger partial charge in [-0.15, -0.1) is 0 Å². The van der Waals surface area contributed by atoms with Crippen molar-refractivity contribution in [3.63, 3.8) is 0 Å². The Morgan fingerprint density at radius 2 is 1.59 bits per heavy atom. The second kappa shape index (κ2) is 8.67. The molecule has 8 heteroatoms. The number of aromatic hydroxyl groups is 1. The third-order valence-corrected chi connectivity index (χ3v) is 6.01. The molecule has 150 valence electrons. The molecule has 3 rings (SSSR count). The molecule has 3 aromatic carbocycles. The summed E-state index contributed by atoms with van der Waals surface area (Å²) in [6.07, 6.45) is 0. The molecule has 0 amide bonds. The summed E-state index contributed by atoms with van der Waals surface area (Å²) in [5, 5.41) is 9.82. The van der Waals surface area contributed by atoms with E-state index in [0.29, 0.717) is 0 Å². The van der Waals surface area contributed by atoms with Gasteiger partial charge in [0.25, 0.3) is 10.0 Å². The molecule has 0 fully saturated rings. The predicted octanol–water partition coefficient (Wildman–Crippen LogP) is 4.80. The van der Waals surface area contributed by atoms with Crippen molar-refractivity contribution in [3.8, 4) is 16.9 Å². The fourth-order valence-corrected chi connectivity index (χ4v) is 3.97. The summed E-state index contributed by atoms with van der Waals surface area (Å²) in [5.74, 6) is -1.02. The Hall–Kier alpha value is -2.84. The molecule has 0 radical (unpaired) electrons. The van der Waals surface area contributed by atoms with E-state index in [0.717, 1.165) is 15.6 Å². The topological polar surface area (TPSA) is 92.7 Å². The number of carbonyl (C=O) groups is 1. The van der Waals surface area contributed by atoms with Crippen molar-refractivity contribution in [2.24, 2.45) is 0 Å². The number of nitrogens with one attached hydrogen (secondary N) is 1. The fourth-order valence-electron chi connectivity index (χ4n) is 2.65. The van der Waals surface area contributed by atoms with Crippen molar-refractivity contribution in [1.29, 1.82) is 0 Å². The Kier molecular flexibility index (Phi) is 6.24. The van der Waals surface area contributed by atoms with Crippen LogP contribution in [0.1, 0.15) is 17.3 Å². The highest BCUT2D eigenvalue weighted by molar-refractivity contribution is 9.10. The van der Waals surface area contributed by atoms with Crippen molar-refractivity contribution < 1.29 is 23.1 Å². The van der Waals surface area contributed by atoms with Crippen LogP contribution in [0.2, 0.25) is 0 Å². The number of benzene rings is 3. The van der Waals surface area contributed by atoms with Crippen molar-refractivity contribution >= 4 is 37.6 Å². The van der Waals surface area contributed by atoms with E-state index in [2.05, 4.69) is 20.7 Å². The average molecular weight is 476 g/mol. The summed E-state index contributed by atoms with van der Waals surface area (Å²) < 4.78 is 33.6. The van der Waals surface area contributed by atoms with Gasteiger partial charge in [-0.3, -0.25) is 4.72 Å². The minimum Gasteiger partial charge on any atom is -0.507 e. The average Bonchev–Trinajstić information content (AvgIpc) is 2.70. The Balaban J connectivity index is 1.83. The molecule has 0 saturated carbocycles. The van der Waals surface area contributed by atoms with E-state index in [-0.39, 0.29) is 28.5 Å². The number of hydrogen-bond acceptors (Lipinski definition) is 5. The lowest BCUT2D eigenvalue weighted by atomic mass is 10.1. The molecule has 0 aliphatic heterocycles. The highest BCUT2D eigenvalue weighted by atomic mass is 79.9. The lowest BCUT2D eigenvalue weighted by molar-refractivity contribution is 0.0523. The minimum atomic E-state index is -3.88. The van der Waals surface area contributed by atoms with Gasteiger partial charge in [0.15, 0.2) is 0 Å². The van der Waals surface area contributed by atoms with Gasteiger partial charge < -0.3 is 9.84 Å². The maximum atomic E-state index is 12.7. The minimum absolute atomic E-state index is 0.0733. The molecule has 0 aliphatic rings. The molecule has 0 spiro atoms. The van der Waals surface area contributed by atoms with Crippen LogP contribution >= 0.6 is 15.9 Å². The molecule has 0 atom stereocenters. The van der Waals surface area contributed by atoms with Gasteiger partial charge in [0.1, 0.15) is 11.3 Å². The molecule has 0 aliphatic carbocycles. The summed E-state index contributed by atoms with van der Waals surface area (Å²) in [6, 6.07) is 18.0. The van der Waals surface area contributed by atoms with Gasteiger partial charge in [-0.05, 0) is 60.5 Å². The first-order chi connectivity index (χ1) is 13.8.